The predicted octanol–water partition coefficient (Wildman–Crippen LogP) is 4.43. The van der Waals surface area contributed by atoms with Gasteiger partial charge in [-0.25, -0.2) is 23.3 Å². The zero-order chi connectivity index (χ0) is 25.2. The van der Waals surface area contributed by atoms with Gasteiger partial charge in [0.1, 0.15) is 16.9 Å². The number of anilines is 2. The number of aromatic nitrogens is 6. The van der Waals surface area contributed by atoms with E-state index in [4.69, 9.17) is 5.73 Å². The monoisotopic (exact) mass is 486 g/mol. The number of halogens is 2. The molecule has 1 aliphatic rings. The molecule has 0 aromatic carbocycles. The molecule has 0 radical (unpaired) electrons. The maximum Gasteiger partial charge on any atom is 0.256 e. The van der Waals surface area contributed by atoms with Crippen molar-refractivity contribution in [2.75, 3.05) is 18.1 Å². The molecule has 0 amide bonds. The molecule has 4 N–H and O–H groups in total. The fourth-order valence-corrected chi connectivity index (χ4v) is 4.61. The lowest BCUT2D eigenvalue weighted by molar-refractivity contribution is 0.000670. The molecule has 0 bridgehead atoms. The molecule has 4 aromatic rings. The molecular weight excluding hydrogens is 454 g/mol. The van der Waals surface area contributed by atoms with Crippen molar-refractivity contribution in [3.05, 3.63) is 30.2 Å². The number of fused-ring (bicyclic) bond motifs is 2. The van der Waals surface area contributed by atoms with Gasteiger partial charge in [-0.1, -0.05) is 26.2 Å². The van der Waals surface area contributed by atoms with Crippen LogP contribution in [0.15, 0.2) is 24.4 Å². The summed E-state index contributed by atoms with van der Waals surface area (Å²) in [5, 5.41) is 16.8. The minimum Gasteiger partial charge on any atom is -0.390 e. The van der Waals surface area contributed by atoms with Gasteiger partial charge in [0.05, 0.1) is 17.8 Å². The van der Waals surface area contributed by atoms with E-state index in [9.17, 15) is 13.9 Å². The molecule has 0 saturated heterocycles. The van der Waals surface area contributed by atoms with Crippen LogP contribution in [0, 0.1) is 6.92 Å². The third-order valence-electron chi connectivity index (χ3n) is 6.59. The van der Waals surface area contributed by atoms with Crippen molar-refractivity contribution >= 4 is 28.4 Å². The molecule has 35 heavy (non-hydrogen) atoms. The molecule has 9 nitrogen and oxygen atoms in total. The molecule has 4 aromatic heterocycles. The zero-order valence-corrected chi connectivity index (χ0v) is 20.3. The fourth-order valence-electron chi connectivity index (χ4n) is 4.61. The van der Waals surface area contributed by atoms with E-state index in [1.807, 2.05) is 6.07 Å². The van der Waals surface area contributed by atoms with Crippen molar-refractivity contribution < 1.29 is 13.9 Å². The van der Waals surface area contributed by atoms with Crippen molar-refractivity contribution in [2.24, 2.45) is 0 Å². The Kier molecular flexibility index (Phi) is 7.15. The number of aryl methyl sites for hydroxylation is 1. The summed E-state index contributed by atoms with van der Waals surface area (Å²) in [5.41, 5.74) is 8.50. The predicted molar refractivity (Wildman–Crippen MR) is 133 cm³/mol. The van der Waals surface area contributed by atoms with Gasteiger partial charge in [-0.2, -0.15) is 4.98 Å². The summed E-state index contributed by atoms with van der Waals surface area (Å²) in [7, 11) is 1.73. The SMILES string of the molecule is CCC1(O)CCCCC1.CNc1nc(N)nn2ccc(-c3ccc4nc(C)n(CC(F)F)c4n3)c12. The summed E-state index contributed by atoms with van der Waals surface area (Å²) in [6, 6.07) is 5.40. The molecule has 1 saturated carbocycles. The second-order valence-corrected chi connectivity index (χ2v) is 8.93. The second-order valence-electron chi connectivity index (χ2n) is 8.93. The van der Waals surface area contributed by atoms with E-state index < -0.39 is 13.0 Å². The number of pyridine rings is 1. The summed E-state index contributed by atoms with van der Waals surface area (Å²) in [5.74, 6) is 1.19. The van der Waals surface area contributed by atoms with E-state index in [0.717, 1.165) is 24.8 Å². The number of imidazole rings is 1. The maximum absolute atomic E-state index is 12.9. The summed E-state index contributed by atoms with van der Waals surface area (Å²) in [6.45, 7) is 3.31. The Labute approximate surface area is 202 Å². The smallest absolute Gasteiger partial charge is 0.256 e. The average Bonchev–Trinajstić information content (AvgIpc) is 3.39. The first-order valence-electron chi connectivity index (χ1n) is 11.9. The van der Waals surface area contributed by atoms with Crippen LogP contribution in [0.3, 0.4) is 0 Å². The van der Waals surface area contributed by atoms with Crippen molar-refractivity contribution in [2.45, 2.75) is 70.9 Å². The number of aliphatic hydroxyl groups is 1. The maximum atomic E-state index is 12.9. The Morgan fingerprint density at radius 3 is 2.51 bits per heavy atom. The van der Waals surface area contributed by atoms with Gasteiger partial charge < -0.3 is 20.7 Å². The van der Waals surface area contributed by atoms with Crippen LogP contribution in [0.5, 0.6) is 0 Å². The number of nitrogen functional groups attached to an aromatic ring is 1. The molecule has 0 unspecified atom stereocenters. The molecule has 0 spiro atoms. The summed E-state index contributed by atoms with van der Waals surface area (Å²) in [6.07, 6.45) is 6.04. The largest absolute Gasteiger partial charge is 0.390 e. The Balaban J connectivity index is 0.000000271. The van der Waals surface area contributed by atoms with Crippen molar-refractivity contribution in [1.82, 2.24) is 29.1 Å². The molecule has 11 heteroatoms. The molecule has 4 heterocycles. The number of hydrogen-bond acceptors (Lipinski definition) is 7. The first kappa shape index (κ1) is 24.8. The number of nitrogens with two attached hydrogens (primary N) is 1. The van der Waals surface area contributed by atoms with Crippen LogP contribution in [-0.2, 0) is 6.54 Å². The lowest BCUT2D eigenvalue weighted by Crippen LogP contribution is -2.29. The molecule has 5 rings (SSSR count). The van der Waals surface area contributed by atoms with E-state index >= 15 is 0 Å². The number of rotatable bonds is 5. The van der Waals surface area contributed by atoms with Gasteiger partial charge in [-0.05, 0) is 44.4 Å². The van der Waals surface area contributed by atoms with Crippen LogP contribution in [0.4, 0.5) is 20.5 Å². The first-order valence-corrected chi connectivity index (χ1v) is 11.9. The normalized spacial score (nSPS) is 15.4. The standard InChI is InChI=1S/C16H16F2N8.C8H16O/c1-8-21-11-4-3-10(22-15(11)25(8)7-12(17)18)9-5-6-26-13(9)14(20-2)23-16(19)24-26;1-2-8(9)6-4-3-5-7-8/h3-6,12H,7H2,1-2H3,(H3,19,20,23,24);9H,2-7H2,1H3. The van der Waals surface area contributed by atoms with Crippen molar-refractivity contribution in [1.29, 1.82) is 0 Å². The van der Waals surface area contributed by atoms with E-state index in [-0.39, 0.29) is 11.5 Å². The average molecular weight is 487 g/mol. The van der Waals surface area contributed by atoms with Crippen molar-refractivity contribution in [3.8, 4) is 11.3 Å². The van der Waals surface area contributed by atoms with Gasteiger partial charge in [0, 0.05) is 18.8 Å². The quantitative estimate of drug-likeness (QED) is 0.382. The Bertz CT molecular complexity index is 1310. The van der Waals surface area contributed by atoms with Gasteiger partial charge in [0.2, 0.25) is 5.95 Å². The second kappa shape index (κ2) is 10.1. The summed E-state index contributed by atoms with van der Waals surface area (Å²) < 4.78 is 28.9. The fraction of sp³-hybridized carbons (Fsp3) is 0.500. The third-order valence-corrected chi connectivity index (χ3v) is 6.59. The van der Waals surface area contributed by atoms with Crippen LogP contribution in [0.1, 0.15) is 51.3 Å². The number of nitrogens with one attached hydrogen (secondary N) is 1. The Morgan fingerprint density at radius 2 is 1.89 bits per heavy atom. The lowest BCUT2D eigenvalue weighted by Gasteiger charge is -2.30. The zero-order valence-electron chi connectivity index (χ0n) is 20.3. The van der Waals surface area contributed by atoms with E-state index in [1.54, 1.807) is 36.8 Å². The molecular formula is C24H32F2N8O. The number of alkyl halides is 2. The highest BCUT2D eigenvalue weighted by Crippen LogP contribution is 2.31. The summed E-state index contributed by atoms with van der Waals surface area (Å²) >= 11 is 0. The number of nitrogens with zero attached hydrogens (tertiary/aromatic N) is 6. The molecule has 188 valence electrons. The van der Waals surface area contributed by atoms with Crippen molar-refractivity contribution in [3.63, 3.8) is 0 Å². The van der Waals surface area contributed by atoms with Gasteiger partial charge in [-0.3, -0.25) is 0 Å². The molecule has 0 atom stereocenters. The Hall–Kier alpha value is -3.34. The lowest BCUT2D eigenvalue weighted by atomic mass is 9.83. The molecule has 0 aliphatic heterocycles. The minimum absolute atomic E-state index is 0.137. The van der Waals surface area contributed by atoms with E-state index in [2.05, 4.69) is 32.3 Å². The highest BCUT2D eigenvalue weighted by Gasteiger charge is 2.26. The van der Waals surface area contributed by atoms with Crippen LogP contribution in [0.25, 0.3) is 27.9 Å². The third kappa shape index (κ3) is 5.19. The first-order chi connectivity index (χ1) is 16.7. The van der Waals surface area contributed by atoms with Gasteiger partial charge >= 0.3 is 0 Å². The highest BCUT2D eigenvalue weighted by molar-refractivity contribution is 5.89. The van der Waals surface area contributed by atoms with Gasteiger partial charge in [0.15, 0.2) is 11.5 Å². The summed E-state index contributed by atoms with van der Waals surface area (Å²) in [4.78, 5) is 13.1. The van der Waals surface area contributed by atoms with Crippen LogP contribution >= 0.6 is 0 Å². The highest BCUT2D eigenvalue weighted by atomic mass is 19.3. The van der Waals surface area contributed by atoms with Crippen LogP contribution in [0.2, 0.25) is 0 Å². The van der Waals surface area contributed by atoms with E-state index in [0.29, 0.717) is 34.0 Å². The van der Waals surface area contributed by atoms with E-state index in [1.165, 1.54) is 23.8 Å². The minimum atomic E-state index is -2.49. The molecule has 1 aliphatic carbocycles. The Morgan fingerprint density at radius 1 is 1.14 bits per heavy atom. The number of hydrogen-bond donors (Lipinski definition) is 3. The van der Waals surface area contributed by atoms with Gasteiger partial charge in [0.25, 0.3) is 6.43 Å². The van der Waals surface area contributed by atoms with Crippen LogP contribution < -0.4 is 11.1 Å². The topological polar surface area (TPSA) is 119 Å². The van der Waals surface area contributed by atoms with Crippen LogP contribution in [-0.4, -0.2) is 53.3 Å². The molecule has 1 fully saturated rings. The van der Waals surface area contributed by atoms with Gasteiger partial charge in [-0.15, -0.1) is 5.10 Å².